The maximum absolute atomic E-state index is 5.55. The van der Waals surface area contributed by atoms with Crippen LogP contribution in [0, 0.1) is 5.92 Å². The molecular formula is C11H26O5Si. The van der Waals surface area contributed by atoms with E-state index in [1.165, 1.54) is 0 Å². The average molecular weight is 266 g/mol. The molecule has 5 nitrogen and oxygen atoms in total. The monoisotopic (exact) mass is 266 g/mol. The molecule has 0 fully saturated rings. The number of hydrogen-bond acceptors (Lipinski definition) is 5. The minimum Gasteiger partial charge on any atom is -0.385 e. The van der Waals surface area contributed by atoms with Gasteiger partial charge in [0.2, 0.25) is 0 Å². The first-order valence-corrected chi connectivity index (χ1v) is 7.79. The third-order valence-corrected chi connectivity index (χ3v) is 5.63. The van der Waals surface area contributed by atoms with E-state index in [0.717, 1.165) is 25.7 Å². The number of rotatable bonds is 11. The molecule has 0 aromatic carbocycles. The van der Waals surface area contributed by atoms with Crippen molar-refractivity contribution in [3.8, 4) is 0 Å². The summed E-state index contributed by atoms with van der Waals surface area (Å²) >= 11 is 0. The van der Waals surface area contributed by atoms with Gasteiger partial charge < -0.3 is 22.8 Å². The molecule has 0 aliphatic heterocycles. The molecule has 0 aromatic rings. The molecular weight excluding hydrogens is 240 g/mol. The van der Waals surface area contributed by atoms with Crippen LogP contribution >= 0.6 is 0 Å². The molecule has 0 rings (SSSR count). The maximum atomic E-state index is 5.55. The Bertz CT molecular complexity index is 167. The van der Waals surface area contributed by atoms with Gasteiger partial charge in [-0.25, -0.2) is 0 Å². The van der Waals surface area contributed by atoms with Crippen LogP contribution in [0.2, 0.25) is 6.04 Å². The van der Waals surface area contributed by atoms with E-state index in [2.05, 4.69) is 6.92 Å². The Hall–Kier alpha value is 0.0169. The molecule has 0 aromatic heterocycles. The summed E-state index contributed by atoms with van der Waals surface area (Å²) in [5, 5.41) is 0. The summed E-state index contributed by atoms with van der Waals surface area (Å²) in [4.78, 5) is 0. The molecule has 1 unspecified atom stereocenters. The minimum atomic E-state index is -2.46. The second-order valence-corrected chi connectivity index (χ2v) is 7.02. The Morgan fingerprint density at radius 1 is 0.941 bits per heavy atom. The van der Waals surface area contributed by atoms with Crippen LogP contribution in [0.15, 0.2) is 0 Å². The van der Waals surface area contributed by atoms with Crippen LogP contribution in [-0.2, 0) is 22.8 Å². The summed E-state index contributed by atoms with van der Waals surface area (Å²) in [5.74, 6) is 0.351. The highest BCUT2D eigenvalue weighted by Crippen LogP contribution is 2.19. The van der Waals surface area contributed by atoms with Crippen LogP contribution in [0.5, 0.6) is 0 Å². The Morgan fingerprint density at radius 2 is 1.53 bits per heavy atom. The fourth-order valence-corrected chi connectivity index (χ4v) is 3.55. The number of ether oxygens (including phenoxy) is 2. The molecule has 0 bridgehead atoms. The Labute approximate surface area is 106 Å². The molecule has 0 heterocycles. The molecule has 17 heavy (non-hydrogen) atoms. The predicted octanol–water partition coefficient (Wildman–Crippen LogP) is 1.55. The molecule has 104 valence electrons. The van der Waals surface area contributed by atoms with E-state index < -0.39 is 8.80 Å². The molecule has 0 N–H and O–H groups in total. The zero-order chi connectivity index (χ0) is 13.1. The van der Waals surface area contributed by atoms with Crippen molar-refractivity contribution >= 4 is 8.80 Å². The highest BCUT2D eigenvalue weighted by atomic mass is 28.4. The van der Waals surface area contributed by atoms with Gasteiger partial charge in [-0.2, -0.15) is 0 Å². The Balaban J connectivity index is 3.79. The van der Waals surface area contributed by atoms with Gasteiger partial charge in [0.25, 0.3) is 0 Å². The molecule has 0 amide bonds. The third kappa shape index (κ3) is 7.12. The van der Waals surface area contributed by atoms with Gasteiger partial charge in [-0.1, -0.05) is 6.92 Å². The van der Waals surface area contributed by atoms with Crippen molar-refractivity contribution in [3.05, 3.63) is 0 Å². The number of methoxy groups -OCH3 is 1. The van der Waals surface area contributed by atoms with Gasteiger partial charge in [-0.3, -0.25) is 0 Å². The molecule has 6 heteroatoms. The average Bonchev–Trinajstić information content (AvgIpc) is 2.36. The van der Waals surface area contributed by atoms with E-state index in [4.69, 9.17) is 22.8 Å². The van der Waals surface area contributed by atoms with Crippen LogP contribution in [0.1, 0.15) is 13.3 Å². The first kappa shape index (κ1) is 17.0. The van der Waals surface area contributed by atoms with Crippen molar-refractivity contribution in [1.82, 2.24) is 0 Å². The lowest BCUT2D eigenvalue weighted by Gasteiger charge is -2.27. The Morgan fingerprint density at radius 3 is 2.00 bits per heavy atom. The van der Waals surface area contributed by atoms with Crippen LogP contribution in [-0.4, -0.2) is 57.1 Å². The standard InChI is InChI=1S/C11H26O5Si/c1-11(9-16-8-6-7-12-2)10-17(13-3,14-4)15-5/h11H,6-10H2,1-5H3. The van der Waals surface area contributed by atoms with Crippen LogP contribution < -0.4 is 0 Å². The van der Waals surface area contributed by atoms with Gasteiger partial charge in [0.15, 0.2) is 0 Å². The topological polar surface area (TPSA) is 46.2 Å². The highest BCUT2D eigenvalue weighted by Gasteiger charge is 2.39. The van der Waals surface area contributed by atoms with Crippen LogP contribution in [0.25, 0.3) is 0 Å². The smallest absolute Gasteiger partial charge is 0.385 e. The molecule has 0 saturated carbocycles. The maximum Gasteiger partial charge on any atom is 0.500 e. The van der Waals surface area contributed by atoms with Gasteiger partial charge in [0, 0.05) is 54.3 Å². The first-order chi connectivity index (χ1) is 8.14. The summed E-state index contributed by atoms with van der Waals surface area (Å²) in [7, 11) is 4.12. The van der Waals surface area contributed by atoms with Crippen molar-refractivity contribution in [2.75, 3.05) is 48.3 Å². The quantitative estimate of drug-likeness (QED) is 0.419. The molecule has 1 atom stereocenters. The van der Waals surface area contributed by atoms with Crippen molar-refractivity contribution in [2.45, 2.75) is 19.4 Å². The van der Waals surface area contributed by atoms with Gasteiger partial charge in [-0.15, -0.1) is 0 Å². The van der Waals surface area contributed by atoms with Gasteiger partial charge >= 0.3 is 8.80 Å². The zero-order valence-corrected chi connectivity index (χ0v) is 12.7. The summed E-state index contributed by atoms with van der Waals surface area (Å²) in [6, 6.07) is 0.765. The fourth-order valence-electron chi connectivity index (χ4n) is 1.58. The SMILES string of the molecule is COCCCOCC(C)C[Si](OC)(OC)OC. The molecule has 0 aliphatic rings. The predicted molar refractivity (Wildman–Crippen MR) is 68.1 cm³/mol. The van der Waals surface area contributed by atoms with Gasteiger partial charge in [0.05, 0.1) is 0 Å². The molecule has 0 aliphatic carbocycles. The van der Waals surface area contributed by atoms with E-state index in [0.29, 0.717) is 12.5 Å². The summed E-state index contributed by atoms with van der Waals surface area (Å²) in [6.07, 6.45) is 0.921. The van der Waals surface area contributed by atoms with Crippen LogP contribution in [0.4, 0.5) is 0 Å². The fraction of sp³-hybridized carbons (Fsp3) is 1.00. The number of hydrogen-bond donors (Lipinski definition) is 0. The zero-order valence-electron chi connectivity index (χ0n) is 11.7. The first-order valence-electron chi connectivity index (χ1n) is 5.86. The van der Waals surface area contributed by atoms with Crippen molar-refractivity contribution in [2.24, 2.45) is 5.92 Å². The lowest BCUT2D eigenvalue weighted by molar-refractivity contribution is 0.0735. The minimum absolute atomic E-state index is 0.351. The normalized spacial score (nSPS) is 13.9. The second kappa shape index (κ2) is 9.99. The molecule has 0 radical (unpaired) electrons. The van der Waals surface area contributed by atoms with Gasteiger partial charge in [0.1, 0.15) is 0 Å². The van der Waals surface area contributed by atoms with Crippen LogP contribution in [0.3, 0.4) is 0 Å². The molecule has 0 saturated heterocycles. The Kier molecular flexibility index (Phi) is 10.00. The van der Waals surface area contributed by atoms with E-state index in [1.54, 1.807) is 28.4 Å². The summed E-state index contributed by atoms with van der Waals surface area (Å²) < 4.78 is 26.6. The summed E-state index contributed by atoms with van der Waals surface area (Å²) in [6.45, 7) is 4.25. The van der Waals surface area contributed by atoms with E-state index in [1.807, 2.05) is 0 Å². The van der Waals surface area contributed by atoms with Crippen molar-refractivity contribution in [1.29, 1.82) is 0 Å². The van der Waals surface area contributed by atoms with Crippen molar-refractivity contribution < 1.29 is 22.8 Å². The largest absolute Gasteiger partial charge is 0.500 e. The molecule has 0 spiro atoms. The van der Waals surface area contributed by atoms with E-state index >= 15 is 0 Å². The van der Waals surface area contributed by atoms with Crippen molar-refractivity contribution in [3.63, 3.8) is 0 Å². The lowest BCUT2D eigenvalue weighted by atomic mass is 10.2. The van der Waals surface area contributed by atoms with E-state index in [9.17, 15) is 0 Å². The summed E-state index contributed by atoms with van der Waals surface area (Å²) in [5.41, 5.74) is 0. The highest BCUT2D eigenvalue weighted by molar-refractivity contribution is 6.60. The lowest BCUT2D eigenvalue weighted by Crippen LogP contribution is -2.44. The third-order valence-electron chi connectivity index (χ3n) is 2.57. The second-order valence-electron chi connectivity index (χ2n) is 4.03. The van der Waals surface area contributed by atoms with Gasteiger partial charge in [-0.05, 0) is 12.3 Å². The van der Waals surface area contributed by atoms with E-state index in [-0.39, 0.29) is 0 Å².